The molecule has 1 saturated carbocycles. The number of likely N-dealkylation sites (tertiary alicyclic amines) is 1. The second-order valence-electron chi connectivity index (χ2n) is 9.78. The summed E-state index contributed by atoms with van der Waals surface area (Å²) in [6.07, 6.45) is 13.0. The van der Waals surface area contributed by atoms with Crippen molar-refractivity contribution in [3.63, 3.8) is 0 Å². The Labute approximate surface area is 162 Å². The second kappa shape index (κ2) is 9.55. The minimum Gasteiger partial charge on any atom is -0.393 e. The zero-order valence-corrected chi connectivity index (χ0v) is 18.2. The van der Waals surface area contributed by atoms with Crippen LogP contribution in [-0.4, -0.2) is 35.2 Å². The summed E-state index contributed by atoms with van der Waals surface area (Å²) in [6.45, 7) is 16.2. The van der Waals surface area contributed by atoms with E-state index in [9.17, 15) is 5.11 Å². The summed E-state index contributed by atoms with van der Waals surface area (Å²) in [5.41, 5.74) is 3.37. The molecule has 1 unspecified atom stereocenters. The molecular weight excluding hydrogens is 318 g/mol. The van der Waals surface area contributed by atoms with E-state index in [1.165, 1.54) is 62.8 Å². The van der Waals surface area contributed by atoms with Gasteiger partial charge in [-0.05, 0) is 96.4 Å². The third-order valence-corrected chi connectivity index (χ3v) is 7.23. The Bertz CT molecular complexity index is 504. The molecule has 1 aliphatic heterocycles. The van der Waals surface area contributed by atoms with Gasteiger partial charge in [-0.3, -0.25) is 0 Å². The van der Waals surface area contributed by atoms with Crippen LogP contribution in [0.15, 0.2) is 23.3 Å². The second-order valence-corrected chi connectivity index (χ2v) is 9.78. The molecule has 0 aromatic rings. The molecule has 5 atom stereocenters. The van der Waals surface area contributed by atoms with E-state index >= 15 is 0 Å². The molecular formula is C24H43NO. The van der Waals surface area contributed by atoms with Crippen LogP contribution in [0.2, 0.25) is 0 Å². The fourth-order valence-electron chi connectivity index (χ4n) is 5.30. The third kappa shape index (κ3) is 5.70. The van der Waals surface area contributed by atoms with Gasteiger partial charge in [0.1, 0.15) is 0 Å². The zero-order chi connectivity index (χ0) is 19.3. The fourth-order valence-corrected chi connectivity index (χ4v) is 5.30. The van der Waals surface area contributed by atoms with Gasteiger partial charge >= 0.3 is 0 Å². The molecule has 1 aliphatic carbocycles. The number of fused-ring (bicyclic) bond motifs is 1. The Morgan fingerprint density at radius 1 is 1.19 bits per heavy atom. The summed E-state index contributed by atoms with van der Waals surface area (Å²) in [5.74, 6) is 1.17. The van der Waals surface area contributed by atoms with Gasteiger partial charge in [-0.2, -0.15) is 0 Å². The molecule has 0 aromatic heterocycles. The minimum absolute atomic E-state index is 0.0727. The minimum atomic E-state index is -0.0727. The number of hydrogen-bond donors (Lipinski definition) is 1. The SMILES string of the molecule is CC(C)=CCC/C(C)=C\CCC(C)N1CC[C@H]2[C@H](C)[C@@H](O)CC[C@]2(C)C1. The van der Waals surface area contributed by atoms with Crippen molar-refractivity contribution < 1.29 is 5.11 Å². The molecule has 0 bridgehead atoms. The Kier molecular flexibility index (Phi) is 7.97. The summed E-state index contributed by atoms with van der Waals surface area (Å²) in [7, 11) is 0. The van der Waals surface area contributed by atoms with Gasteiger partial charge in [-0.25, -0.2) is 0 Å². The van der Waals surface area contributed by atoms with Crippen molar-refractivity contribution in [2.75, 3.05) is 13.1 Å². The van der Waals surface area contributed by atoms with E-state index in [2.05, 4.69) is 58.6 Å². The highest BCUT2D eigenvalue weighted by Gasteiger charge is 2.47. The molecule has 2 aliphatic rings. The van der Waals surface area contributed by atoms with Crippen LogP contribution in [0.25, 0.3) is 0 Å². The van der Waals surface area contributed by atoms with Crippen LogP contribution in [0.3, 0.4) is 0 Å². The van der Waals surface area contributed by atoms with Gasteiger partial charge in [0.05, 0.1) is 6.10 Å². The summed E-state index contributed by atoms with van der Waals surface area (Å²) >= 11 is 0. The van der Waals surface area contributed by atoms with Crippen molar-refractivity contribution in [1.29, 1.82) is 0 Å². The molecule has 1 heterocycles. The number of hydrogen-bond acceptors (Lipinski definition) is 2. The summed E-state index contributed by atoms with van der Waals surface area (Å²) in [6, 6.07) is 0.664. The Morgan fingerprint density at radius 2 is 1.92 bits per heavy atom. The number of allylic oxidation sites excluding steroid dienone is 4. The molecule has 0 spiro atoms. The van der Waals surface area contributed by atoms with Gasteiger partial charge in [0.25, 0.3) is 0 Å². The van der Waals surface area contributed by atoms with Crippen LogP contribution < -0.4 is 0 Å². The lowest BCUT2D eigenvalue weighted by atomic mass is 9.59. The maximum Gasteiger partial charge on any atom is 0.0568 e. The number of nitrogens with zero attached hydrogens (tertiary/aromatic N) is 1. The summed E-state index contributed by atoms with van der Waals surface area (Å²) in [5, 5.41) is 10.2. The molecule has 150 valence electrons. The lowest BCUT2D eigenvalue weighted by Gasteiger charge is -2.54. The maximum absolute atomic E-state index is 10.2. The molecule has 0 aromatic carbocycles. The van der Waals surface area contributed by atoms with Gasteiger partial charge in [-0.1, -0.05) is 37.1 Å². The molecule has 0 radical (unpaired) electrons. The highest BCUT2D eigenvalue weighted by molar-refractivity contribution is 5.03. The van der Waals surface area contributed by atoms with Crippen LogP contribution in [0.5, 0.6) is 0 Å². The first-order valence-electron chi connectivity index (χ1n) is 10.9. The van der Waals surface area contributed by atoms with E-state index in [4.69, 9.17) is 0 Å². The van der Waals surface area contributed by atoms with Gasteiger partial charge in [0.2, 0.25) is 0 Å². The number of aliphatic hydroxyl groups is 1. The highest BCUT2D eigenvalue weighted by atomic mass is 16.3. The molecule has 1 saturated heterocycles. The van der Waals surface area contributed by atoms with Crippen LogP contribution in [0.4, 0.5) is 0 Å². The molecule has 26 heavy (non-hydrogen) atoms. The summed E-state index contributed by atoms with van der Waals surface area (Å²) in [4.78, 5) is 2.73. The molecule has 1 N–H and O–H groups in total. The largest absolute Gasteiger partial charge is 0.393 e. The molecule has 2 nitrogen and oxygen atoms in total. The van der Waals surface area contributed by atoms with Crippen LogP contribution in [0, 0.1) is 17.3 Å². The lowest BCUT2D eigenvalue weighted by Crippen LogP contribution is -2.55. The van der Waals surface area contributed by atoms with E-state index in [1.54, 1.807) is 0 Å². The average Bonchev–Trinajstić information content (AvgIpc) is 2.57. The van der Waals surface area contributed by atoms with E-state index in [0.717, 1.165) is 6.42 Å². The van der Waals surface area contributed by atoms with Crippen LogP contribution in [-0.2, 0) is 0 Å². The Balaban J connectivity index is 1.80. The van der Waals surface area contributed by atoms with Crippen molar-refractivity contribution in [3.05, 3.63) is 23.3 Å². The van der Waals surface area contributed by atoms with Crippen LogP contribution >= 0.6 is 0 Å². The van der Waals surface area contributed by atoms with E-state index in [-0.39, 0.29) is 6.10 Å². The predicted octanol–water partition coefficient (Wildman–Crippen LogP) is 5.97. The van der Waals surface area contributed by atoms with E-state index in [1.807, 2.05) is 0 Å². The molecule has 2 heteroatoms. The van der Waals surface area contributed by atoms with Crippen molar-refractivity contribution in [2.45, 2.75) is 98.6 Å². The smallest absolute Gasteiger partial charge is 0.0568 e. The van der Waals surface area contributed by atoms with Gasteiger partial charge < -0.3 is 10.0 Å². The average molecular weight is 362 g/mol. The Hall–Kier alpha value is -0.600. The van der Waals surface area contributed by atoms with Crippen LogP contribution in [0.1, 0.15) is 86.5 Å². The van der Waals surface area contributed by atoms with Crippen molar-refractivity contribution in [1.82, 2.24) is 4.90 Å². The number of rotatable bonds is 7. The third-order valence-electron chi connectivity index (χ3n) is 7.23. The molecule has 2 fully saturated rings. The Morgan fingerprint density at radius 3 is 2.62 bits per heavy atom. The maximum atomic E-state index is 10.2. The first-order chi connectivity index (χ1) is 12.2. The van der Waals surface area contributed by atoms with E-state index < -0.39 is 0 Å². The normalized spacial score (nSPS) is 34.3. The summed E-state index contributed by atoms with van der Waals surface area (Å²) < 4.78 is 0. The first-order valence-corrected chi connectivity index (χ1v) is 10.9. The van der Waals surface area contributed by atoms with E-state index in [0.29, 0.717) is 23.3 Å². The monoisotopic (exact) mass is 361 g/mol. The van der Waals surface area contributed by atoms with Crippen molar-refractivity contribution in [3.8, 4) is 0 Å². The van der Waals surface area contributed by atoms with Crippen molar-refractivity contribution in [2.24, 2.45) is 17.3 Å². The quantitative estimate of drug-likeness (QED) is 0.565. The van der Waals surface area contributed by atoms with Crippen molar-refractivity contribution >= 4 is 0 Å². The fraction of sp³-hybridized carbons (Fsp3) is 0.833. The number of aliphatic hydroxyl groups excluding tert-OH is 1. The highest BCUT2D eigenvalue weighted by Crippen LogP contribution is 2.49. The lowest BCUT2D eigenvalue weighted by molar-refractivity contribution is -0.0840. The number of piperidine rings is 1. The van der Waals surface area contributed by atoms with Gasteiger partial charge in [-0.15, -0.1) is 0 Å². The standard InChI is InChI=1S/C24H43NO/c1-18(2)9-7-10-19(3)11-8-12-20(4)25-16-14-22-21(5)23(26)13-15-24(22,6)17-25/h9,11,20-23,26H,7-8,10,12-17H2,1-6H3/b19-11-/t20?,21-,22-,23-,24+/m0/s1. The first kappa shape index (κ1) is 21.7. The molecule has 0 amide bonds. The predicted molar refractivity (Wildman–Crippen MR) is 113 cm³/mol. The zero-order valence-electron chi connectivity index (χ0n) is 18.2. The van der Waals surface area contributed by atoms with Gasteiger partial charge in [0.15, 0.2) is 0 Å². The van der Waals surface area contributed by atoms with Gasteiger partial charge in [0, 0.05) is 12.6 Å². The topological polar surface area (TPSA) is 23.5 Å². The molecule has 2 rings (SSSR count).